The van der Waals surface area contributed by atoms with Gasteiger partial charge in [0.1, 0.15) is 5.82 Å². The zero-order valence-electron chi connectivity index (χ0n) is 7.38. The second-order valence-corrected chi connectivity index (χ2v) is 3.56. The smallest absolute Gasteiger partial charge is 0.126 e. The first-order chi connectivity index (χ1) is 5.79. The second kappa shape index (κ2) is 2.77. The summed E-state index contributed by atoms with van der Waals surface area (Å²) in [5, 5.41) is 0. The van der Waals surface area contributed by atoms with Gasteiger partial charge in [-0.25, -0.2) is 4.98 Å². The number of hydrogen-bond acceptors (Lipinski definition) is 2. The van der Waals surface area contributed by atoms with Crippen molar-refractivity contribution in [2.45, 2.75) is 32.1 Å². The fraction of sp³-hybridized carbons (Fsp3) is 0.500. The lowest BCUT2D eigenvalue weighted by Gasteiger charge is -2.22. The molecule has 0 saturated carbocycles. The molecule has 0 fully saturated rings. The van der Waals surface area contributed by atoms with Crippen LogP contribution in [-0.4, -0.2) is 4.98 Å². The first-order valence-corrected chi connectivity index (χ1v) is 4.52. The van der Waals surface area contributed by atoms with Gasteiger partial charge in [0.05, 0.1) is 0 Å². The Balaban J connectivity index is 2.52. The van der Waals surface area contributed by atoms with E-state index in [4.69, 9.17) is 5.73 Å². The van der Waals surface area contributed by atoms with Crippen LogP contribution in [0.1, 0.15) is 36.8 Å². The predicted molar refractivity (Wildman–Crippen MR) is 50.0 cm³/mol. The molecule has 2 rings (SSSR count). The van der Waals surface area contributed by atoms with Crippen LogP contribution in [0, 0.1) is 0 Å². The number of nitrogens with zero attached hydrogens (tertiary/aromatic N) is 1. The molecule has 0 bridgehead atoms. The maximum absolute atomic E-state index is 5.79. The molecule has 0 saturated heterocycles. The van der Waals surface area contributed by atoms with Crippen molar-refractivity contribution in [1.82, 2.24) is 4.98 Å². The van der Waals surface area contributed by atoms with Gasteiger partial charge in [-0.2, -0.15) is 0 Å². The van der Waals surface area contributed by atoms with Crippen molar-refractivity contribution in [3.05, 3.63) is 23.4 Å². The van der Waals surface area contributed by atoms with Gasteiger partial charge < -0.3 is 5.73 Å². The minimum atomic E-state index is 0.666. The van der Waals surface area contributed by atoms with Crippen LogP contribution in [0.3, 0.4) is 0 Å². The van der Waals surface area contributed by atoms with E-state index in [0.29, 0.717) is 5.92 Å². The van der Waals surface area contributed by atoms with E-state index in [1.165, 1.54) is 24.0 Å². The van der Waals surface area contributed by atoms with E-state index in [9.17, 15) is 0 Å². The minimum Gasteiger partial charge on any atom is -0.383 e. The topological polar surface area (TPSA) is 38.9 Å². The van der Waals surface area contributed by atoms with Gasteiger partial charge in [0.25, 0.3) is 0 Å². The Morgan fingerprint density at radius 1 is 1.58 bits per heavy atom. The summed E-state index contributed by atoms with van der Waals surface area (Å²) in [4.78, 5) is 4.10. The molecule has 2 heteroatoms. The lowest BCUT2D eigenvalue weighted by molar-refractivity contribution is 0.589. The first-order valence-electron chi connectivity index (χ1n) is 4.52. The summed E-state index contributed by atoms with van der Waals surface area (Å²) in [5.41, 5.74) is 8.49. The van der Waals surface area contributed by atoms with Crippen molar-refractivity contribution in [3.63, 3.8) is 0 Å². The van der Waals surface area contributed by atoms with Crippen LogP contribution < -0.4 is 5.73 Å². The van der Waals surface area contributed by atoms with Crippen LogP contribution >= 0.6 is 0 Å². The molecule has 1 aliphatic rings. The zero-order valence-corrected chi connectivity index (χ0v) is 7.38. The lowest BCUT2D eigenvalue weighted by atomic mass is 9.85. The van der Waals surface area contributed by atoms with Crippen LogP contribution in [0.4, 0.5) is 5.82 Å². The summed E-state index contributed by atoms with van der Waals surface area (Å²) < 4.78 is 0. The largest absolute Gasteiger partial charge is 0.383 e. The Morgan fingerprint density at radius 3 is 3.17 bits per heavy atom. The standard InChI is InChI=1S/C10H14N2/c1-7-3-2-4-9-8(7)5-6-12-10(9)11/h5-7H,2-4H2,1H3,(H2,11,12). The number of hydrogen-bond donors (Lipinski definition) is 1. The van der Waals surface area contributed by atoms with Gasteiger partial charge in [0.15, 0.2) is 0 Å². The van der Waals surface area contributed by atoms with Crippen molar-refractivity contribution in [2.24, 2.45) is 0 Å². The summed E-state index contributed by atoms with van der Waals surface area (Å²) in [6, 6.07) is 2.11. The zero-order chi connectivity index (χ0) is 8.55. The number of fused-ring (bicyclic) bond motifs is 1. The van der Waals surface area contributed by atoms with Gasteiger partial charge in [-0.15, -0.1) is 0 Å². The third kappa shape index (κ3) is 1.07. The van der Waals surface area contributed by atoms with Gasteiger partial charge in [-0.3, -0.25) is 0 Å². The first kappa shape index (κ1) is 7.59. The van der Waals surface area contributed by atoms with Crippen molar-refractivity contribution < 1.29 is 0 Å². The fourth-order valence-corrected chi connectivity index (χ4v) is 2.00. The van der Waals surface area contributed by atoms with Crippen molar-refractivity contribution in [1.29, 1.82) is 0 Å². The molecule has 0 aromatic carbocycles. The summed E-state index contributed by atoms with van der Waals surface area (Å²) in [5.74, 6) is 1.40. The quantitative estimate of drug-likeness (QED) is 0.634. The third-order valence-electron chi connectivity index (χ3n) is 2.72. The molecule has 0 radical (unpaired) electrons. The van der Waals surface area contributed by atoms with E-state index >= 15 is 0 Å². The Bertz CT molecular complexity index is 294. The summed E-state index contributed by atoms with van der Waals surface area (Å²) in [7, 11) is 0. The SMILES string of the molecule is CC1CCCc2c1ccnc2N. The van der Waals surface area contributed by atoms with Crippen LogP contribution in [-0.2, 0) is 6.42 Å². The highest BCUT2D eigenvalue weighted by Crippen LogP contribution is 2.32. The summed E-state index contributed by atoms with van der Waals surface area (Å²) in [6.45, 7) is 2.26. The van der Waals surface area contributed by atoms with Gasteiger partial charge in [-0.05, 0) is 42.4 Å². The minimum absolute atomic E-state index is 0.666. The third-order valence-corrected chi connectivity index (χ3v) is 2.72. The molecule has 0 spiro atoms. The number of anilines is 1. The molecule has 1 unspecified atom stereocenters. The Kier molecular flexibility index (Phi) is 1.75. The van der Waals surface area contributed by atoms with E-state index in [1.807, 2.05) is 6.20 Å². The number of aromatic nitrogens is 1. The molecule has 2 nitrogen and oxygen atoms in total. The molecular weight excluding hydrogens is 148 g/mol. The van der Waals surface area contributed by atoms with Crippen molar-refractivity contribution in [3.8, 4) is 0 Å². The van der Waals surface area contributed by atoms with Crippen LogP contribution in [0.25, 0.3) is 0 Å². The van der Waals surface area contributed by atoms with Gasteiger partial charge in [0.2, 0.25) is 0 Å². The average molecular weight is 162 g/mol. The van der Waals surface area contributed by atoms with Gasteiger partial charge in [0, 0.05) is 6.20 Å². The van der Waals surface area contributed by atoms with E-state index in [-0.39, 0.29) is 0 Å². The fourth-order valence-electron chi connectivity index (χ4n) is 2.00. The number of nitrogens with two attached hydrogens (primary N) is 1. The number of nitrogen functional groups attached to an aromatic ring is 1. The highest BCUT2D eigenvalue weighted by atomic mass is 14.8. The van der Waals surface area contributed by atoms with E-state index in [1.54, 1.807) is 0 Å². The highest BCUT2D eigenvalue weighted by Gasteiger charge is 2.17. The Labute approximate surface area is 72.8 Å². The molecule has 2 N–H and O–H groups in total. The Hall–Kier alpha value is -1.05. The van der Waals surface area contributed by atoms with Crippen LogP contribution in [0.5, 0.6) is 0 Å². The van der Waals surface area contributed by atoms with Gasteiger partial charge >= 0.3 is 0 Å². The monoisotopic (exact) mass is 162 g/mol. The molecule has 0 aliphatic heterocycles. The van der Waals surface area contributed by atoms with E-state index < -0.39 is 0 Å². The Morgan fingerprint density at radius 2 is 2.42 bits per heavy atom. The highest BCUT2D eigenvalue weighted by molar-refractivity contribution is 5.46. The van der Waals surface area contributed by atoms with E-state index in [2.05, 4.69) is 18.0 Å². The molecule has 1 heterocycles. The molecule has 1 aromatic rings. The van der Waals surface area contributed by atoms with Crippen molar-refractivity contribution in [2.75, 3.05) is 5.73 Å². The summed E-state index contributed by atoms with van der Waals surface area (Å²) in [6.07, 6.45) is 5.47. The summed E-state index contributed by atoms with van der Waals surface area (Å²) >= 11 is 0. The predicted octanol–water partition coefficient (Wildman–Crippen LogP) is 2.10. The van der Waals surface area contributed by atoms with Crippen molar-refractivity contribution >= 4 is 5.82 Å². The molecule has 1 atom stereocenters. The molecule has 12 heavy (non-hydrogen) atoms. The van der Waals surface area contributed by atoms with Crippen LogP contribution in [0.15, 0.2) is 12.3 Å². The lowest BCUT2D eigenvalue weighted by Crippen LogP contribution is -2.10. The molecule has 1 aromatic heterocycles. The number of rotatable bonds is 0. The molecule has 0 amide bonds. The second-order valence-electron chi connectivity index (χ2n) is 3.56. The van der Waals surface area contributed by atoms with E-state index in [0.717, 1.165) is 12.2 Å². The number of pyridine rings is 1. The van der Waals surface area contributed by atoms with Gasteiger partial charge in [-0.1, -0.05) is 6.92 Å². The molecular formula is C10H14N2. The molecule has 1 aliphatic carbocycles. The maximum atomic E-state index is 5.79. The maximum Gasteiger partial charge on any atom is 0.126 e. The van der Waals surface area contributed by atoms with Crippen LogP contribution in [0.2, 0.25) is 0 Å². The average Bonchev–Trinajstić information content (AvgIpc) is 2.07. The molecule has 64 valence electrons. The normalized spacial score (nSPS) is 21.9.